The molecule has 0 aliphatic carbocycles. The lowest BCUT2D eigenvalue weighted by molar-refractivity contribution is 0.178. The van der Waals surface area contributed by atoms with Gasteiger partial charge in [0.25, 0.3) is 0 Å². The van der Waals surface area contributed by atoms with Crippen molar-refractivity contribution in [1.82, 2.24) is 0 Å². The van der Waals surface area contributed by atoms with E-state index < -0.39 is 5.41 Å². The minimum atomic E-state index is -0.519. The molecule has 6 heteroatoms. The molecule has 1 N–H and O–H groups in total. The van der Waals surface area contributed by atoms with E-state index in [2.05, 4.69) is 160 Å². The van der Waals surface area contributed by atoms with E-state index in [4.69, 9.17) is 23.7 Å². The fourth-order valence-electron chi connectivity index (χ4n) is 9.10. The third-order valence-corrected chi connectivity index (χ3v) is 13.9. The van der Waals surface area contributed by atoms with Crippen LogP contribution in [0.5, 0.6) is 5.75 Å². The van der Waals surface area contributed by atoms with Gasteiger partial charge in [0, 0.05) is 58.5 Å². The Morgan fingerprint density at radius 2 is 0.985 bits per heavy atom. The lowest BCUT2D eigenvalue weighted by Gasteiger charge is -2.35. The van der Waals surface area contributed by atoms with Crippen LogP contribution in [0.3, 0.4) is 0 Å². The zero-order valence-corrected chi connectivity index (χ0v) is 43.5. The first-order chi connectivity index (χ1) is 31.4. The fourth-order valence-corrected chi connectivity index (χ4v) is 9.10. The molecule has 0 saturated carbocycles. The van der Waals surface area contributed by atoms with Gasteiger partial charge in [0.2, 0.25) is 0 Å². The van der Waals surface area contributed by atoms with E-state index in [-0.39, 0.29) is 5.41 Å². The highest BCUT2D eigenvalue weighted by atomic mass is 16.5. The Balaban J connectivity index is 0.000000470. The summed E-state index contributed by atoms with van der Waals surface area (Å²) in [4.78, 5) is 0. The van der Waals surface area contributed by atoms with Crippen LogP contribution in [0.1, 0.15) is 165 Å². The minimum absolute atomic E-state index is 0.265. The smallest absolute Gasteiger partial charge is 0.124 e. The maximum atomic E-state index is 11.3. The van der Waals surface area contributed by atoms with E-state index >= 15 is 0 Å². The molecule has 0 radical (unpaired) electrons. The molecular weight excluding hydrogens is 817 g/mol. The molecule has 6 nitrogen and oxygen atoms in total. The van der Waals surface area contributed by atoms with E-state index in [0.717, 1.165) is 67.4 Å². The monoisotopic (exact) mass is 901 g/mol. The van der Waals surface area contributed by atoms with Crippen LogP contribution >= 0.6 is 0 Å². The van der Waals surface area contributed by atoms with E-state index in [9.17, 15) is 5.11 Å². The number of ether oxygens (including phenoxy) is 5. The Hall–Kier alpha value is -4.30. The van der Waals surface area contributed by atoms with Crippen LogP contribution < -0.4 is 0 Å². The number of phenolic OH excluding ortho intramolecular Hbond substituents is 1. The average Bonchev–Trinajstić information content (AvgIpc) is 3.29. The van der Waals surface area contributed by atoms with Crippen molar-refractivity contribution in [3.05, 3.63) is 169 Å². The van der Waals surface area contributed by atoms with Gasteiger partial charge in [0.15, 0.2) is 0 Å². The molecule has 0 amide bonds. The van der Waals surface area contributed by atoms with Crippen molar-refractivity contribution >= 4 is 0 Å². The van der Waals surface area contributed by atoms with E-state index in [1.54, 1.807) is 35.5 Å². The fraction of sp³-hybridized carbons (Fsp3) is 0.500. The highest BCUT2D eigenvalue weighted by molar-refractivity contribution is 5.57. The number of aromatic hydroxyl groups is 1. The van der Waals surface area contributed by atoms with Crippen molar-refractivity contribution in [2.45, 2.75) is 151 Å². The summed E-state index contributed by atoms with van der Waals surface area (Å²) in [7, 11) is 8.69. The average molecular weight is 901 g/mol. The second kappa shape index (κ2) is 25.2. The minimum Gasteiger partial charge on any atom is -0.507 e. The Kier molecular flexibility index (Phi) is 20.7. The molecule has 0 aliphatic heterocycles. The maximum Gasteiger partial charge on any atom is 0.124 e. The predicted molar refractivity (Wildman–Crippen MR) is 275 cm³/mol. The first-order valence-corrected chi connectivity index (χ1v) is 24.2. The zero-order valence-electron chi connectivity index (χ0n) is 43.5. The second-order valence-corrected chi connectivity index (χ2v) is 20.1. The van der Waals surface area contributed by atoms with Crippen molar-refractivity contribution in [2.75, 3.05) is 42.2 Å². The van der Waals surface area contributed by atoms with Gasteiger partial charge < -0.3 is 28.8 Å². The molecule has 360 valence electrons. The highest BCUT2D eigenvalue weighted by Gasteiger charge is 2.34. The van der Waals surface area contributed by atoms with E-state index in [1.165, 1.54) is 55.6 Å². The molecule has 5 aromatic carbocycles. The Labute approximate surface area is 400 Å². The first-order valence-electron chi connectivity index (χ1n) is 24.2. The SMILES string of the molecule is CCCc1cc(COC)cc(C(C)(c2ccc(C(C)(C)c3cc(COC)c(C)c(COC)c3)cc2)c2cc(CCC)c(O)c(COC)c2)c1.COCCCc1ccc(C(C)C(C)(C)C)cc1. The molecule has 0 spiro atoms. The summed E-state index contributed by atoms with van der Waals surface area (Å²) >= 11 is 0. The molecule has 0 saturated heterocycles. The second-order valence-electron chi connectivity index (χ2n) is 20.1. The maximum absolute atomic E-state index is 11.3. The molecule has 0 aromatic heterocycles. The summed E-state index contributed by atoms with van der Waals surface area (Å²) in [6.45, 7) is 25.5. The standard InChI is InChI=1S/C44H58O5.C16H26O/c1-11-13-31-19-32(26-46-7)21-40(20-31)44(6,41-22-33(14-12-2)42(45)36(25-41)29-49-10)38-17-15-37(16-18-38)43(4,5)39-23-34(27-47-8)30(3)35(24-39)28-48-9;1-13(16(2,3)4)15-10-8-14(9-11-15)7-6-12-17-5/h15-25,45H,11-14,26-29H2,1-10H3;8-11,13H,6-7,12H2,1-5H3. The number of benzene rings is 5. The third-order valence-electron chi connectivity index (χ3n) is 13.9. The van der Waals surface area contributed by atoms with Crippen LogP contribution in [-0.2, 0) is 80.2 Å². The van der Waals surface area contributed by atoms with Gasteiger partial charge in [-0.25, -0.2) is 0 Å². The van der Waals surface area contributed by atoms with Crippen molar-refractivity contribution in [1.29, 1.82) is 0 Å². The highest BCUT2D eigenvalue weighted by Crippen LogP contribution is 2.44. The van der Waals surface area contributed by atoms with Gasteiger partial charge in [-0.05, 0) is 129 Å². The van der Waals surface area contributed by atoms with Crippen LogP contribution in [0.4, 0.5) is 0 Å². The van der Waals surface area contributed by atoms with Crippen LogP contribution in [0.15, 0.2) is 91.0 Å². The summed E-state index contributed by atoms with van der Waals surface area (Å²) < 4.78 is 27.5. The van der Waals surface area contributed by atoms with Gasteiger partial charge in [-0.1, -0.05) is 153 Å². The van der Waals surface area contributed by atoms with E-state index in [0.29, 0.717) is 43.5 Å². The molecule has 0 bridgehead atoms. The Morgan fingerprint density at radius 1 is 0.485 bits per heavy atom. The number of methoxy groups -OCH3 is 5. The Bertz CT molecular complexity index is 2170. The van der Waals surface area contributed by atoms with Crippen molar-refractivity contribution in [2.24, 2.45) is 5.41 Å². The van der Waals surface area contributed by atoms with Crippen LogP contribution in [0.2, 0.25) is 0 Å². The molecule has 2 atom stereocenters. The number of aryl methyl sites for hydroxylation is 3. The van der Waals surface area contributed by atoms with Crippen LogP contribution in [0, 0.1) is 12.3 Å². The largest absolute Gasteiger partial charge is 0.507 e. The van der Waals surface area contributed by atoms with E-state index in [1.807, 2.05) is 0 Å². The molecular formula is C60H84O6. The van der Waals surface area contributed by atoms with Crippen LogP contribution in [-0.4, -0.2) is 47.3 Å². The first kappa shape index (κ1) is 54.3. The van der Waals surface area contributed by atoms with Crippen molar-refractivity contribution in [3.63, 3.8) is 0 Å². The van der Waals surface area contributed by atoms with Crippen LogP contribution in [0.25, 0.3) is 0 Å². The molecule has 5 rings (SSSR count). The van der Waals surface area contributed by atoms with Gasteiger partial charge in [0.05, 0.1) is 26.4 Å². The van der Waals surface area contributed by atoms with Gasteiger partial charge >= 0.3 is 0 Å². The normalized spacial score (nSPS) is 13.3. The topological polar surface area (TPSA) is 66.4 Å². The molecule has 66 heavy (non-hydrogen) atoms. The summed E-state index contributed by atoms with van der Waals surface area (Å²) in [6, 6.07) is 34.1. The quantitative estimate of drug-likeness (QED) is 0.0551. The van der Waals surface area contributed by atoms with Gasteiger partial charge in [-0.2, -0.15) is 0 Å². The summed E-state index contributed by atoms with van der Waals surface area (Å²) in [5.74, 6) is 0.931. The Morgan fingerprint density at radius 3 is 1.52 bits per heavy atom. The number of hydrogen-bond donors (Lipinski definition) is 1. The van der Waals surface area contributed by atoms with Gasteiger partial charge in [-0.3, -0.25) is 0 Å². The van der Waals surface area contributed by atoms with Gasteiger partial charge in [0.1, 0.15) is 5.75 Å². The number of hydrogen-bond acceptors (Lipinski definition) is 6. The molecule has 2 unspecified atom stereocenters. The zero-order chi connectivity index (χ0) is 48.7. The molecule has 0 heterocycles. The third kappa shape index (κ3) is 13.7. The number of rotatable bonds is 22. The molecule has 0 aliphatic rings. The number of phenols is 1. The molecule has 5 aromatic rings. The summed E-state index contributed by atoms with van der Waals surface area (Å²) in [5, 5.41) is 11.3. The van der Waals surface area contributed by atoms with Gasteiger partial charge in [-0.15, -0.1) is 0 Å². The van der Waals surface area contributed by atoms with Crippen molar-refractivity contribution < 1.29 is 28.8 Å². The summed E-state index contributed by atoms with van der Waals surface area (Å²) in [6.07, 6.45) is 5.99. The lowest BCUT2D eigenvalue weighted by Crippen LogP contribution is -2.27. The molecule has 0 fully saturated rings. The predicted octanol–water partition coefficient (Wildman–Crippen LogP) is 14.3. The summed E-state index contributed by atoms with van der Waals surface area (Å²) in [5.41, 5.74) is 16.2. The lowest BCUT2D eigenvalue weighted by atomic mass is 9.68. The van der Waals surface area contributed by atoms with Crippen molar-refractivity contribution in [3.8, 4) is 5.75 Å².